The van der Waals surface area contributed by atoms with E-state index >= 15 is 0 Å². The minimum Gasteiger partial charge on any atom is -0.370 e. The Morgan fingerprint density at radius 2 is 1.68 bits per heavy atom. The van der Waals surface area contributed by atoms with Crippen molar-refractivity contribution in [3.05, 3.63) is 78.4 Å². The fourth-order valence-corrected chi connectivity index (χ4v) is 3.28. The van der Waals surface area contributed by atoms with Gasteiger partial charge in [-0.2, -0.15) is 5.10 Å². The Hall–Kier alpha value is -3.35. The van der Waals surface area contributed by atoms with Gasteiger partial charge >= 0.3 is 0 Å². The fourth-order valence-electron chi connectivity index (χ4n) is 3.28. The molecule has 1 saturated heterocycles. The molecular formula is C21H23FN6. The number of nitrogens with zero attached hydrogens (tertiary/aromatic N) is 5. The zero-order valence-electron chi connectivity index (χ0n) is 15.6. The van der Waals surface area contributed by atoms with Gasteiger partial charge in [0.1, 0.15) is 5.82 Å². The average Bonchev–Trinajstić information content (AvgIpc) is 3.22. The number of aromatic nitrogens is 2. The van der Waals surface area contributed by atoms with Crippen LogP contribution in [-0.2, 0) is 6.54 Å². The molecule has 2 aromatic carbocycles. The van der Waals surface area contributed by atoms with Crippen LogP contribution in [0.3, 0.4) is 0 Å². The number of benzene rings is 2. The molecule has 1 aromatic heterocycles. The fraction of sp³-hybridized carbons (Fsp3) is 0.238. The van der Waals surface area contributed by atoms with E-state index in [0.29, 0.717) is 12.5 Å². The lowest BCUT2D eigenvalue weighted by atomic mass is 10.2. The number of hydrogen-bond acceptors (Lipinski definition) is 3. The molecule has 0 unspecified atom stereocenters. The van der Waals surface area contributed by atoms with Crippen LogP contribution in [0.4, 0.5) is 10.1 Å². The van der Waals surface area contributed by atoms with Crippen LogP contribution in [0.2, 0.25) is 0 Å². The van der Waals surface area contributed by atoms with Crippen LogP contribution in [0.5, 0.6) is 0 Å². The van der Waals surface area contributed by atoms with Gasteiger partial charge in [-0.25, -0.2) is 14.1 Å². The first-order chi connectivity index (χ1) is 13.7. The van der Waals surface area contributed by atoms with E-state index < -0.39 is 0 Å². The number of para-hydroxylation sites is 1. The molecular weight excluding hydrogens is 355 g/mol. The van der Waals surface area contributed by atoms with Crippen molar-refractivity contribution in [2.24, 2.45) is 10.7 Å². The van der Waals surface area contributed by atoms with Crippen LogP contribution in [-0.4, -0.2) is 46.8 Å². The van der Waals surface area contributed by atoms with Gasteiger partial charge in [0.25, 0.3) is 0 Å². The number of hydrogen-bond donors (Lipinski definition) is 1. The molecule has 1 aliphatic rings. The van der Waals surface area contributed by atoms with Crippen LogP contribution >= 0.6 is 0 Å². The zero-order chi connectivity index (χ0) is 19.3. The number of rotatable bonds is 4. The topological polar surface area (TPSA) is 62.7 Å². The summed E-state index contributed by atoms with van der Waals surface area (Å²) in [5.41, 5.74) is 9.26. The maximum absolute atomic E-state index is 13.1. The van der Waals surface area contributed by atoms with Crippen LogP contribution in [0.1, 0.15) is 5.56 Å². The maximum Gasteiger partial charge on any atom is 0.191 e. The molecule has 1 fully saturated rings. The molecule has 0 atom stereocenters. The van der Waals surface area contributed by atoms with Crippen molar-refractivity contribution in [2.45, 2.75) is 6.54 Å². The van der Waals surface area contributed by atoms with Crippen molar-refractivity contribution in [3.63, 3.8) is 0 Å². The molecule has 2 heterocycles. The van der Waals surface area contributed by atoms with E-state index in [4.69, 9.17) is 5.73 Å². The molecule has 4 rings (SSSR count). The van der Waals surface area contributed by atoms with E-state index in [1.54, 1.807) is 0 Å². The van der Waals surface area contributed by atoms with Gasteiger partial charge in [0.05, 0.1) is 18.4 Å². The molecule has 0 radical (unpaired) electrons. The number of guanidine groups is 1. The van der Waals surface area contributed by atoms with Gasteiger partial charge in [-0.15, -0.1) is 0 Å². The SMILES string of the molecule is NC(=NCc1cnn(-c2ccccc2)c1)N1CCN(c2ccc(F)cc2)CC1. The summed E-state index contributed by atoms with van der Waals surface area (Å²) in [5.74, 6) is 0.334. The largest absolute Gasteiger partial charge is 0.370 e. The van der Waals surface area contributed by atoms with Crippen LogP contribution < -0.4 is 10.6 Å². The van der Waals surface area contributed by atoms with E-state index in [1.807, 2.05) is 59.5 Å². The van der Waals surface area contributed by atoms with Gasteiger partial charge in [0.15, 0.2) is 5.96 Å². The predicted molar refractivity (Wildman–Crippen MR) is 109 cm³/mol. The number of piperazine rings is 1. The summed E-state index contributed by atoms with van der Waals surface area (Å²) in [6, 6.07) is 16.6. The molecule has 2 N–H and O–H groups in total. The summed E-state index contributed by atoms with van der Waals surface area (Å²) in [6.07, 6.45) is 3.79. The third kappa shape index (κ3) is 4.14. The van der Waals surface area contributed by atoms with Crippen molar-refractivity contribution < 1.29 is 4.39 Å². The Morgan fingerprint density at radius 3 is 2.39 bits per heavy atom. The van der Waals surface area contributed by atoms with E-state index in [2.05, 4.69) is 19.9 Å². The van der Waals surface area contributed by atoms with Gasteiger partial charge in [0, 0.05) is 43.6 Å². The summed E-state index contributed by atoms with van der Waals surface area (Å²) in [5, 5.41) is 4.39. The Balaban J connectivity index is 1.33. The summed E-state index contributed by atoms with van der Waals surface area (Å²) >= 11 is 0. The summed E-state index contributed by atoms with van der Waals surface area (Å²) in [7, 11) is 0. The van der Waals surface area contributed by atoms with Crippen molar-refractivity contribution in [1.29, 1.82) is 0 Å². The zero-order valence-corrected chi connectivity index (χ0v) is 15.6. The summed E-state index contributed by atoms with van der Waals surface area (Å²) in [4.78, 5) is 8.85. The van der Waals surface area contributed by atoms with Crippen molar-refractivity contribution in [1.82, 2.24) is 14.7 Å². The van der Waals surface area contributed by atoms with Gasteiger partial charge in [0.2, 0.25) is 0 Å². The van der Waals surface area contributed by atoms with E-state index in [0.717, 1.165) is 43.1 Å². The monoisotopic (exact) mass is 378 g/mol. The van der Waals surface area contributed by atoms with Crippen molar-refractivity contribution in [2.75, 3.05) is 31.1 Å². The molecule has 0 aliphatic carbocycles. The minimum absolute atomic E-state index is 0.214. The number of nitrogens with two attached hydrogens (primary N) is 1. The third-order valence-corrected chi connectivity index (χ3v) is 4.88. The summed E-state index contributed by atoms with van der Waals surface area (Å²) in [6.45, 7) is 3.73. The van der Waals surface area contributed by atoms with Crippen molar-refractivity contribution in [3.8, 4) is 5.69 Å². The highest BCUT2D eigenvalue weighted by Crippen LogP contribution is 2.17. The highest BCUT2D eigenvalue weighted by atomic mass is 19.1. The maximum atomic E-state index is 13.1. The second-order valence-corrected chi connectivity index (χ2v) is 6.75. The normalized spacial score (nSPS) is 15.1. The molecule has 7 heteroatoms. The smallest absolute Gasteiger partial charge is 0.191 e. The average molecular weight is 378 g/mol. The van der Waals surface area contributed by atoms with Gasteiger partial charge in [-0.1, -0.05) is 18.2 Å². The highest BCUT2D eigenvalue weighted by molar-refractivity contribution is 5.78. The van der Waals surface area contributed by atoms with Gasteiger partial charge in [-0.05, 0) is 36.4 Å². The lowest BCUT2D eigenvalue weighted by Gasteiger charge is -2.36. The first kappa shape index (κ1) is 18.0. The van der Waals surface area contributed by atoms with E-state index in [9.17, 15) is 4.39 Å². The molecule has 28 heavy (non-hydrogen) atoms. The molecule has 3 aromatic rings. The first-order valence-corrected chi connectivity index (χ1v) is 9.33. The van der Waals surface area contributed by atoms with E-state index in [-0.39, 0.29) is 5.82 Å². The summed E-state index contributed by atoms with van der Waals surface area (Å²) < 4.78 is 14.9. The van der Waals surface area contributed by atoms with Crippen molar-refractivity contribution >= 4 is 11.6 Å². The number of halogens is 1. The third-order valence-electron chi connectivity index (χ3n) is 4.88. The van der Waals surface area contributed by atoms with E-state index in [1.165, 1.54) is 12.1 Å². The molecule has 0 bridgehead atoms. The molecule has 6 nitrogen and oxygen atoms in total. The Kier molecular flexibility index (Phi) is 5.23. The lowest BCUT2D eigenvalue weighted by Crippen LogP contribution is -2.51. The molecule has 1 aliphatic heterocycles. The Labute approximate surface area is 163 Å². The van der Waals surface area contributed by atoms with Gasteiger partial charge in [-0.3, -0.25) is 0 Å². The molecule has 144 valence electrons. The minimum atomic E-state index is -0.214. The second kappa shape index (κ2) is 8.12. The second-order valence-electron chi connectivity index (χ2n) is 6.75. The molecule has 0 saturated carbocycles. The van der Waals surface area contributed by atoms with Crippen LogP contribution in [0, 0.1) is 5.82 Å². The highest BCUT2D eigenvalue weighted by Gasteiger charge is 2.18. The Bertz CT molecular complexity index is 927. The lowest BCUT2D eigenvalue weighted by molar-refractivity contribution is 0.380. The standard InChI is InChI=1S/C21H23FN6/c22-18-6-8-19(9-7-18)26-10-12-27(13-11-26)21(23)24-14-17-15-25-28(16-17)20-4-2-1-3-5-20/h1-9,15-16H,10-14H2,(H2,23,24). The molecule has 0 spiro atoms. The first-order valence-electron chi connectivity index (χ1n) is 9.33. The Morgan fingerprint density at radius 1 is 0.964 bits per heavy atom. The number of aliphatic imine (C=N–C) groups is 1. The molecule has 0 amide bonds. The predicted octanol–water partition coefficient (Wildman–Crippen LogP) is 2.65. The van der Waals surface area contributed by atoms with Gasteiger partial charge < -0.3 is 15.5 Å². The number of anilines is 1. The van der Waals surface area contributed by atoms with Crippen LogP contribution in [0.15, 0.2) is 72.0 Å². The quantitative estimate of drug-likeness (QED) is 0.560. The van der Waals surface area contributed by atoms with Crippen LogP contribution in [0.25, 0.3) is 5.69 Å².